The van der Waals surface area contributed by atoms with E-state index < -0.39 is 0 Å². The van der Waals surface area contributed by atoms with Crippen LogP contribution >= 0.6 is 0 Å². The van der Waals surface area contributed by atoms with E-state index in [-0.39, 0.29) is 0 Å². The van der Waals surface area contributed by atoms with E-state index in [0.717, 1.165) is 11.8 Å². The van der Waals surface area contributed by atoms with Gasteiger partial charge in [-0.2, -0.15) is 0 Å². The van der Waals surface area contributed by atoms with Crippen molar-refractivity contribution in [3.63, 3.8) is 0 Å². The van der Waals surface area contributed by atoms with Crippen LogP contribution in [0.15, 0.2) is 29.3 Å². The van der Waals surface area contributed by atoms with Crippen molar-refractivity contribution in [2.75, 3.05) is 0 Å². The molecule has 3 aliphatic carbocycles. The van der Waals surface area contributed by atoms with Crippen LogP contribution in [-0.4, -0.2) is 0 Å². The van der Waals surface area contributed by atoms with E-state index in [4.69, 9.17) is 0 Å². The van der Waals surface area contributed by atoms with Gasteiger partial charge in [-0.3, -0.25) is 0 Å². The summed E-state index contributed by atoms with van der Waals surface area (Å²) in [5, 5.41) is 0. The number of allylic oxidation sites excluding steroid dienone is 2. The molecular formula is C21H28. The zero-order valence-electron chi connectivity index (χ0n) is 13.8. The van der Waals surface area contributed by atoms with E-state index in [1.807, 2.05) is 11.1 Å². The molecule has 3 aliphatic rings. The van der Waals surface area contributed by atoms with Gasteiger partial charge in [-0.25, -0.2) is 0 Å². The van der Waals surface area contributed by atoms with Crippen molar-refractivity contribution in [2.24, 2.45) is 17.3 Å². The van der Waals surface area contributed by atoms with Gasteiger partial charge in [0.05, 0.1) is 0 Å². The van der Waals surface area contributed by atoms with Crippen LogP contribution in [0.3, 0.4) is 0 Å². The van der Waals surface area contributed by atoms with Crippen LogP contribution in [0.5, 0.6) is 0 Å². The normalized spacial score (nSPS) is 35.0. The fourth-order valence-electron chi connectivity index (χ4n) is 5.45. The zero-order chi connectivity index (χ0) is 14.6. The maximum Gasteiger partial charge on any atom is -0.00615 e. The predicted octanol–water partition coefficient (Wildman–Crippen LogP) is 5.63. The van der Waals surface area contributed by atoms with E-state index in [1.165, 1.54) is 50.5 Å². The Balaban J connectivity index is 1.72. The summed E-state index contributed by atoms with van der Waals surface area (Å²) in [6.45, 7) is 7.32. The Labute approximate surface area is 129 Å². The van der Waals surface area contributed by atoms with Crippen molar-refractivity contribution in [1.82, 2.24) is 0 Å². The predicted molar refractivity (Wildman–Crippen MR) is 89.5 cm³/mol. The maximum atomic E-state index is 2.58. The van der Waals surface area contributed by atoms with Gasteiger partial charge in [0, 0.05) is 0 Å². The fraction of sp³-hybridized carbons (Fsp3) is 0.619. The van der Waals surface area contributed by atoms with Gasteiger partial charge in [0.15, 0.2) is 0 Å². The molecule has 0 aliphatic heterocycles. The van der Waals surface area contributed by atoms with Crippen LogP contribution in [-0.2, 0) is 12.8 Å². The highest BCUT2D eigenvalue weighted by molar-refractivity contribution is 5.40. The number of hydrogen-bond donors (Lipinski definition) is 0. The summed E-state index contributed by atoms with van der Waals surface area (Å²) in [6.07, 6.45) is 9.54. The molecule has 0 bridgehead atoms. The minimum atomic E-state index is 0.602. The summed E-state index contributed by atoms with van der Waals surface area (Å²) in [4.78, 5) is 0. The summed E-state index contributed by atoms with van der Waals surface area (Å²) in [7, 11) is 0. The van der Waals surface area contributed by atoms with Crippen molar-refractivity contribution < 1.29 is 0 Å². The standard InChI is InChI=1S/C21H28/c1-14-4-6-16-7-8-19-17(13-18(16)12-14)10-11-21(3)15(2)5-9-20(19)21/h4,6,12,15,20H,5,7-11,13H2,1-3H3. The molecule has 0 heterocycles. The number of fused-ring (bicyclic) bond motifs is 3. The Morgan fingerprint density at radius 1 is 1.05 bits per heavy atom. The SMILES string of the molecule is Cc1ccc2c(c1)CC1=C(CC2)C2CCC(C)C2(C)CC1. The highest BCUT2D eigenvalue weighted by Crippen LogP contribution is 2.58. The molecule has 0 nitrogen and oxygen atoms in total. The quantitative estimate of drug-likeness (QED) is 0.540. The first-order chi connectivity index (χ1) is 10.1. The van der Waals surface area contributed by atoms with Crippen LogP contribution in [0.25, 0.3) is 0 Å². The van der Waals surface area contributed by atoms with Crippen molar-refractivity contribution in [2.45, 2.75) is 65.7 Å². The number of rotatable bonds is 0. The average Bonchev–Trinajstić information content (AvgIpc) is 2.66. The Kier molecular flexibility index (Phi) is 3.07. The third-order valence-corrected chi connectivity index (χ3v) is 7.08. The van der Waals surface area contributed by atoms with Gasteiger partial charge in [-0.15, -0.1) is 0 Å². The van der Waals surface area contributed by atoms with Crippen LogP contribution in [0.1, 0.15) is 62.6 Å². The molecule has 21 heavy (non-hydrogen) atoms. The Bertz CT molecular complexity index is 606. The van der Waals surface area contributed by atoms with Gasteiger partial charge in [0.2, 0.25) is 0 Å². The largest absolute Gasteiger partial charge is 0.0667 e. The lowest BCUT2D eigenvalue weighted by molar-refractivity contribution is 0.159. The van der Waals surface area contributed by atoms with Gasteiger partial charge in [0.25, 0.3) is 0 Å². The van der Waals surface area contributed by atoms with E-state index in [1.54, 1.807) is 11.1 Å². The molecule has 0 saturated heterocycles. The van der Waals surface area contributed by atoms with Gasteiger partial charge in [0.1, 0.15) is 0 Å². The molecule has 0 spiro atoms. The number of benzene rings is 1. The van der Waals surface area contributed by atoms with Gasteiger partial charge in [-0.1, -0.05) is 48.8 Å². The van der Waals surface area contributed by atoms with Gasteiger partial charge >= 0.3 is 0 Å². The monoisotopic (exact) mass is 280 g/mol. The lowest BCUT2D eigenvalue weighted by atomic mass is 9.63. The minimum absolute atomic E-state index is 0.602. The van der Waals surface area contributed by atoms with Gasteiger partial charge in [-0.05, 0) is 80.2 Å². The summed E-state index contributed by atoms with van der Waals surface area (Å²) in [5.74, 6) is 1.82. The molecule has 3 unspecified atom stereocenters. The molecule has 1 aromatic rings. The molecule has 112 valence electrons. The van der Waals surface area contributed by atoms with Crippen LogP contribution < -0.4 is 0 Å². The first-order valence-corrected chi connectivity index (χ1v) is 8.87. The second kappa shape index (κ2) is 4.73. The van der Waals surface area contributed by atoms with E-state index >= 15 is 0 Å². The molecule has 3 atom stereocenters. The van der Waals surface area contributed by atoms with Crippen LogP contribution in [0.2, 0.25) is 0 Å². The second-order valence-corrected chi connectivity index (χ2v) is 8.11. The smallest absolute Gasteiger partial charge is 0.00615 e. The number of hydrogen-bond acceptors (Lipinski definition) is 0. The van der Waals surface area contributed by atoms with E-state index in [2.05, 4.69) is 39.0 Å². The lowest BCUT2D eigenvalue weighted by Crippen LogP contribution is -2.32. The van der Waals surface area contributed by atoms with Crippen LogP contribution in [0, 0.1) is 24.2 Å². The Morgan fingerprint density at radius 3 is 2.76 bits per heavy atom. The first kappa shape index (κ1) is 13.6. The topological polar surface area (TPSA) is 0 Å². The minimum Gasteiger partial charge on any atom is -0.0667 e. The highest BCUT2D eigenvalue weighted by atomic mass is 14.5. The summed E-state index contributed by atoms with van der Waals surface area (Å²) in [6, 6.07) is 7.13. The zero-order valence-corrected chi connectivity index (χ0v) is 13.8. The molecule has 1 saturated carbocycles. The molecule has 0 N–H and O–H groups in total. The second-order valence-electron chi connectivity index (χ2n) is 8.11. The molecule has 0 radical (unpaired) electrons. The highest BCUT2D eigenvalue weighted by Gasteiger charge is 2.48. The first-order valence-electron chi connectivity index (χ1n) is 8.87. The van der Waals surface area contributed by atoms with Crippen molar-refractivity contribution in [3.8, 4) is 0 Å². The molecule has 1 fully saturated rings. The van der Waals surface area contributed by atoms with E-state index in [9.17, 15) is 0 Å². The summed E-state index contributed by atoms with van der Waals surface area (Å²) >= 11 is 0. The van der Waals surface area contributed by atoms with Crippen molar-refractivity contribution >= 4 is 0 Å². The third kappa shape index (κ3) is 2.02. The average molecular weight is 280 g/mol. The van der Waals surface area contributed by atoms with E-state index in [0.29, 0.717) is 5.41 Å². The molecular weight excluding hydrogens is 252 g/mol. The molecule has 0 heteroatoms. The number of aryl methyl sites for hydroxylation is 2. The summed E-state index contributed by atoms with van der Waals surface area (Å²) < 4.78 is 0. The lowest BCUT2D eigenvalue weighted by Gasteiger charge is -2.42. The van der Waals surface area contributed by atoms with Crippen molar-refractivity contribution in [3.05, 3.63) is 46.0 Å². The molecule has 0 amide bonds. The Morgan fingerprint density at radius 2 is 1.90 bits per heavy atom. The fourth-order valence-corrected chi connectivity index (χ4v) is 5.45. The molecule has 1 aromatic carbocycles. The van der Waals surface area contributed by atoms with Crippen LogP contribution in [0.4, 0.5) is 0 Å². The summed E-state index contributed by atoms with van der Waals surface area (Å²) in [5.41, 5.74) is 8.95. The van der Waals surface area contributed by atoms with Gasteiger partial charge < -0.3 is 0 Å². The maximum absolute atomic E-state index is 2.58. The van der Waals surface area contributed by atoms with Crippen molar-refractivity contribution in [1.29, 1.82) is 0 Å². The molecule has 4 rings (SSSR count). The Hall–Kier alpha value is -1.04. The molecule has 0 aromatic heterocycles. The third-order valence-electron chi connectivity index (χ3n) is 7.08.